The van der Waals surface area contributed by atoms with Crippen LogP contribution in [0.1, 0.15) is 0 Å². The normalized spacial score (nSPS) is 10.5. The van der Waals surface area contributed by atoms with Crippen molar-refractivity contribution in [1.82, 2.24) is 10.9 Å². The van der Waals surface area contributed by atoms with E-state index in [1.165, 1.54) is 32.3 Å². The number of benzene rings is 4. The van der Waals surface area contributed by atoms with E-state index in [0.29, 0.717) is 0 Å². The molecule has 0 bridgehead atoms. The molecular weight excluding hydrogens is 276 g/mol. The molecule has 0 aliphatic heterocycles. The van der Waals surface area contributed by atoms with Crippen molar-refractivity contribution in [2.75, 3.05) is 0 Å². The number of nitrogens with one attached hydrogen (secondary N) is 2. The van der Waals surface area contributed by atoms with Gasteiger partial charge >= 0.3 is 6.03 Å². The minimum absolute atomic E-state index is 0.602. The van der Waals surface area contributed by atoms with Gasteiger partial charge in [0.1, 0.15) is 0 Å². The third kappa shape index (κ3) is 2.39. The maximum absolute atomic E-state index is 9.71. The van der Waals surface area contributed by atoms with Crippen LogP contribution in [0.15, 0.2) is 60.7 Å². The van der Waals surface area contributed by atoms with E-state index in [1.807, 2.05) is 0 Å². The van der Waals surface area contributed by atoms with Gasteiger partial charge in [-0.1, -0.05) is 60.7 Å². The number of carbonyl (C=O) groups is 1. The number of carbonyl (C=O) groups excluding carboxylic acids is 1. The summed E-state index contributed by atoms with van der Waals surface area (Å²) in [6, 6.07) is 21.3. The Morgan fingerprint density at radius 1 is 0.636 bits per heavy atom. The molecule has 4 aromatic carbocycles. The zero-order chi connectivity index (χ0) is 15.5. The first-order valence-corrected chi connectivity index (χ1v) is 6.84. The summed E-state index contributed by atoms with van der Waals surface area (Å²) in [4.78, 5) is 9.71. The average molecular weight is 292 g/mol. The first kappa shape index (κ1) is 14.1. The molecule has 0 heterocycles. The zero-order valence-corrected chi connectivity index (χ0v) is 11.8. The minimum atomic E-state index is -0.602. The molecule has 0 atom stereocenters. The summed E-state index contributed by atoms with van der Waals surface area (Å²) in [7, 11) is 0. The second-order valence-electron chi connectivity index (χ2n) is 4.91. The highest BCUT2D eigenvalue weighted by molar-refractivity contribution is 6.22. The third-order valence-electron chi connectivity index (χ3n) is 3.65. The molecule has 0 saturated carbocycles. The van der Waals surface area contributed by atoms with E-state index in [4.69, 9.17) is 0 Å². The maximum atomic E-state index is 9.71. The summed E-state index contributed by atoms with van der Waals surface area (Å²) in [6.07, 6.45) is 0. The molecule has 0 radical (unpaired) electrons. The van der Waals surface area contributed by atoms with E-state index in [1.54, 1.807) is 10.9 Å². The Morgan fingerprint density at radius 2 is 0.955 bits per heavy atom. The fraction of sp³-hybridized carbons (Fsp3) is 0. The SMILES string of the molecule is NNC(=O)NN.c1cc2ccc3cccc4ccc(c1)c2c34. The Labute approximate surface area is 127 Å². The van der Waals surface area contributed by atoms with Gasteiger partial charge in [-0.05, 0) is 32.3 Å². The molecule has 4 rings (SSSR count). The van der Waals surface area contributed by atoms with Gasteiger partial charge in [-0.3, -0.25) is 10.9 Å². The first-order chi connectivity index (χ1) is 10.7. The molecule has 0 aromatic heterocycles. The van der Waals surface area contributed by atoms with Gasteiger partial charge in [-0.2, -0.15) is 0 Å². The molecule has 5 heteroatoms. The van der Waals surface area contributed by atoms with Crippen molar-refractivity contribution >= 4 is 38.3 Å². The summed E-state index contributed by atoms with van der Waals surface area (Å²) in [5.41, 5.74) is 3.48. The summed E-state index contributed by atoms with van der Waals surface area (Å²) in [5.74, 6) is 9.08. The molecule has 0 spiro atoms. The van der Waals surface area contributed by atoms with Crippen LogP contribution >= 0.6 is 0 Å². The van der Waals surface area contributed by atoms with E-state index in [9.17, 15) is 4.79 Å². The van der Waals surface area contributed by atoms with Crippen LogP contribution in [0.4, 0.5) is 4.79 Å². The van der Waals surface area contributed by atoms with Gasteiger partial charge in [-0.15, -0.1) is 0 Å². The predicted molar refractivity (Wildman–Crippen MR) is 90.2 cm³/mol. The van der Waals surface area contributed by atoms with Crippen LogP contribution < -0.4 is 22.5 Å². The average Bonchev–Trinajstić information content (AvgIpc) is 2.59. The fourth-order valence-electron chi connectivity index (χ4n) is 2.71. The molecule has 6 N–H and O–H groups in total. The Hall–Kier alpha value is -2.89. The highest BCUT2D eigenvalue weighted by atomic mass is 16.2. The van der Waals surface area contributed by atoms with Crippen molar-refractivity contribution in [3.63, 3.8) is 0 Å². The molecule has 110 valence electrons. The van der Waals surface area contributed by atoms with Gasteiger partial charge in [0.15, 0.2) is 0 Å². The minimum Gasteiger partial charge on any atom is -0.275 e. The molecule has 0 unspecified atom stereocenters. The molecule has 22 heavy (non-hydrogen) atoms. The lowest BCUT2D eigenvalue weighted by Crippen LogP contribution is -2.43. The molecule has 0 fully saturated rings. The van der Waals surface area contributed by atoms with E-state index < -0.39 is 6.03 Å². The van der Waals surface area contributed by atoms with Gasteiger partial charge in [0.2, 0.25) is 0 Å². The number of hydrogen-bond donors (Lipinski definition) is 4. The summed E-state index contributed by atoms with van der Waals surface area (Å²) in [5, 5.41) is 8.14. The molecule has 2 amide bonds. The van der Waals surface area contributed by atoms with Gasteiger partial charge in [0.05, 0.1) is 0 Å². The van der Waals surface area contributed by atoms with E-state index in [0.717, 1.165) is 0 Å². The quantitative estimate of drug-likeness (QED) is 0.174. The van der Waals surface area contributed by atoms with Crippen molar-refractivity contribution in [3.8, 4) is 0 Å². The van der Waals surface area contributed by atoms with Gasteiger partial charge in [-0.25, -0.2) is 16.5 Å². The fourth-order valence-corrected chi connectivity index (χ4v) is 2.71. The molecular formula is C17H16N4O. The van der Waals surface area contributed by atoms with Crippen LogP contribution in [0.5, 0.6) is 0 Å². The Bertz CT molecular complexity index is 800. The number of nitrogens with two attached hydrogens (primary N) is 2. The van der Waals surface area contributed by atoms with Crippen molar-refractivity contribution in [2.24, 2.45) is 11.7 Å². The van der Waals surface area contributed by atoms with Crippen LogP contribution in [-0.2, 0) is 0 Å². The standard InChI is InChI=1S/C16H10.CH6N4O/c1-3-11-7-9-13-5-2-6-14-10-8-12(4-1)15(11)16(13)14;2-4-1(6)5-3/h1-10H;2-3H2,(H2,4,5,6). The Morgan fingerprint density at radius 3 is 1.18 bits per heavy atom. The molecule has 4 aromatic rings. The van der Waals surface area contributed by atoms with Crippen molar-refractivity contribution in [1.29, 1.82) is 0 Å². The second kappa shape index (κ2) is 5.85. The van der Waals surface area contributed by atoms with Crippen LogP contribution in [0.2, 0.25) is 0 Å². The smallest absolute Gasteiger partial charge is 0.275 e. The van der Waals surface area contributed by atoms with E-state index >= 15 is 0 Å². The lowest BCUT2D eigenvalue weighted by Gasteiger charge is -2.09. The highest BCUT2D eigenvalue weighted by Crippen LogP contribution is 2.33. The number of rotatable bonds is 0. The number of urea groups is 1. The van der Waals surface area contributed by atoms with E-state index in [-0.39, 0.29) is 0 Å². The zero-order valence-electron chi connectivity index (χ0n) is 11.8. The predicted octanol–water partition coefficient (Wildman–Crippen LogP) is 2.62. The lowest BCUT2D eigenvalue weighted by molar-refractivity contribution is 0.241. The van der Waals surface area contributed by atoms with Gasteiger partial charge in [0.25, 0.3) is 0 Å². The van der Waals surface area contributed by atoms with E-state index in [2.05, 4.69) is 72.3 Å². The summed E-state index contributed by atoms with van der Waals surface area (Å²) in [6.45, 7) is 0. The largest absolute Gasteiger partial charge is 0.343 e. The molecule has 0 aliphatic carbocycles. The highest BCUT2D eigenvalue weighted by Gasteiger charge is 2.05. The molecule has 0 aliphatic rings. The van der Waals surface area contributed by atoms with Crippen LogP contribution in [0.3, 0.4) is 0 Å². The van der Waals surface area contributed by atoms with Crippen LogP contribution in [-0.4, -0.2) is 6.03 Å². The number of hydrazine groups is 2. The monoisotopic (exact) mass is 292 g/mol. The van der Waals surface area contributed by atoms with Crippen molar-refractivity contribution in [2.45, 2.75) is 0 Å². The summed E-state index contributed by atoms with van der Waals surface area (Å²) >= 11 is 0. The van der Waals surface area contributed by atoms with Crippen molar-refractivity contribution in [3.05, 3.63) is 60.7 Å². The van der Waals surface area contributed by atoms with Gasteiger partial charge < -0.3 is 0 Å². The van der Waals surface area contributed by atoms with Crippen molar-refractivity contribution < 1.29 is 4.79 Å². The maximum Gasteiger partial charge on any atom is 0.343 e. The topological polar surface area (TPSA) is 93.2 Å². The molecule has 0 saturated heterocycles. The van der Waals surface area contributed by atoms with Gasteiger partial charge in [0, 0.05) is 0 Å². The Kier molecular flexibility index (Phi) is 3.74. The summed E-state index contributed by atoms with van der Waals surface area (Å²) < 4.78 is 0. The van der Waals surface area contributed by atoms with Crippen LogP contribution in [0, 0.1) is 0 Å². The third-order valence-corrected chi connectivity index (χ3v) is 3.65. The Balaban J connectivity index is 0.000000209. The second-order valence-corrected chi connectivity index (χ2v) is 4.91. The van der Waals surface area contributed by atoms with Crippen LogP contribution in [0.25, 0.3) is 32.3 Å². The number of hydrogen-bond acceptors (Lipinski definition) is 3. The lowest BCUT2D eigenvalue weighted by atomic mass is 9.95. The first-order valence-electron chi connectivity index (χ1n) is 6.84. The molecule has 5 nitrogen and oxygen atoms in total. The number of amides is 2.